The number of carbonyl (C=O) groups excluding carboxylic acids is 2. The van der Waals surface area contributed by atoms with Gasteiger partial charge in [0.2, 0.25) is 5.91 Å². The Labute approximate surface area is 160 Å². The van der Waals surface area contributed by atoms with Crippen molar-refractivity contribution >= 4 is 11.8 Å². The Kier molecular flexibility index (Phi) is 6.47. The summed E-state index contributed by atoms with van der Waals surface area (Å²) < 4.78 is 19.6. The molecule has 2 saturated carbocycles. The Hall–Kier alpha value is -1.95. The largest absolute Gasteiger partial charge is 0.376 e. The summed E-state index contributed by atoms with van der Waals surface area (Å²) in [6.45, 7) is 4.38. The van der Waals surface area contributed by atoms with Gasteiger partial charge in [-0.3, -0.25) is 9.59 Å². The molecule has 5 nitrogen and oxygen atoms in total. The number of benzene rings is 1. The predicted molar refractivity (Wildman–Crippen MR) is 101 cm³/mol. The van der Waals surface area contributed by atoms with Crippen LogP contribution in [0.5, 0.6) is 0 Å². The highest BCUT2D eigenvalue weighted by molar-refractivity contribution is 5.94. The molecule has 0 saturated heterocycles. The minimum atomic E-state index is -0.417. The highest BCUT2D eigenvalue weighted by Crippen LogP contribution is 2.29. The number of hydrogen-bond acceptors (Lipinski definition) is 3. The lowest BCUT2D eigenvalue weighted by Crippen LogP contribution is -2.50. The zero-order chi connectivity index (χ0) is 19.4. The monoisotopic (exact) mass is 376 g/mol. The molecule has 0 heterocycles. The number of rotatable bonds is 7. The Bertz CT molecular complexity index is 670. The maximum atomic E-state index is 13.6. The van der Waals surface area contributed by atoms with Gasteiger partial charge in [0.25, 0.3) is 5.91 Å². The third-order valence-corrected chi connectivity index (χ3v) is 5.24. The standard InChI is InChI=1S/C21H29FN2O3/c1-3-8-27-19-12-14(20(25)23-17-5-6-17)4-7-18(19)24-21(26)15-9-13(2)10-16(22)11-15/h9-11,14,17-19H,3-8,12H2,1-2H3,(H,23,25)(H,24,26)/t14-,18+,19+/m0/s1. The van der Waals surface area contributed by atoms with Crippen molar-refractivity contribution in [2.45, 2.75) is 70.6 Å². The topological polar surface area (TPSA) is 67.4 Å². The predicted octanol–water partition coefficient (Wildman–Crippen LogP) is 3.11. The number of halogens is 1. The van der Waals surface area contributed by atoms with Gasteiger partial charge in [0, 0.05) is 24.1 Å². The maximum absolute atomic E-state index is 13.6. The second kappa shape index (κ2) is 8.83. The smallest absolute Gasteiger partial charge is 0.251 e. The molecule has 0 aromatic heterocycles. The van der Waals surface area contributed by atoms with Crippen molar-refractivity contribution in [2.24, 2.45) is 5.92 Å². The van der Waals surface area contributed by atoms with E-state index in [1.807, 2.05) is 6.92 Å². The molecule has 0 spiro atoms. The quantitative estimate of drug-likeness (QED) is 0.768. The number of amides is 2. The highest BCUT2D eigenvalue weighted by atomic mass is 19.1. The molecule has 148 valence electrons. The maximum Gasteiger partial charge on any atom is 0.251 e. The van der Waals surface area contributed by atoms with Gasteiger partial charge >= 0.3 is 0 Å². The van der Waals surface area contributed by atoms with Crippen molar-refractivity contribution in [3.8, 4) is 0 Å². The van der Waals surface area contributed by atoms with Crippen molar-refractivity contribution in [3.63, 3.8) is 0 Å². The lowest BCUT2D eigenvalue weighted by Gasteiger charge is -2.36. The molecule has 1 aromatic carbocycles. The molecule has 6 heteroatoms. The number of aryl methyl sites for hydroxylation is 1. The third-order valence-electron chi connectivity index (χ3n) is 5.24. The molecule has 0 aliphatic heterocycles. The van der Waals surface area contributed by atoms with Gasteiger partial charge in [-0.05, 0) is 69.2 Å². The Morgan fingerprint density at radius 2 is 1.93 bits per heavy atom. The van der Waals surface area contributed by atoms with Crippen LogP contribution >= 0.6 is 0 Å². The van der Waals surface area contributed by atoms with Crippen molar-refractivity contribution in [1.29, 1.82) is 0 Å². The Morgan fingerprint density at radius 3 is 2.59 bits per heavy atom. The fourth-order valence-corrected chi connectivity index (χ4v) is 3.65. The molecule has 0 unspecified atom stereocenters. The molecule has 3 rings (SSSR count). The van der Waals surface area contributed by atoms with Crippen LogP contribution in [-0.4, -0.2) is 36.6 Å². The van der Waals surface area contributed by atoms with E-state index in [4.69, 9.17) is 4.74 Å². The van der Waals surface area contributed by atoms with Crippen LogP contribution in [0.2, 0.25) is 0 Å². The summed E-state index contributed by atoms with van der Waals surface area (Å²) in [4.78, 5) is 25.0. The summed E-state index contributed by atoms with van der Waals surface area (Å²) in [5.74, 6) is -0.682. The zero-order valence-electron chi connectivity index (χ0n) is 16.1. The molecule has 3 atom stereocenters. The SMILES string of the molecule is CCCO[C@@H]1C[C@@H](C(=O)NC2CC2)CC[C@H]1NC(=O)c1cc(C)cc(F)c1. The van der Waals surface area contributed by atoms with Crippen molar-refractivity contribution in [1.82, 2.24) is 10.6 Å². The van der Waals surface area contributed by atoms with Crippen LogP contribution in [0.3, 0.4) is 0 Å². The van der Waals surface area contributed by atoms with Crippen molar-refractivity contribution < 1.29 is 18.7 Å². The molecule has 27 heavy (non-hydrogen) atoms. The van der Waals surface area contributed by atoms with Crippen molar-refractivity contribution in [3.05, 3.63) is 35.1 Å². The summed E-state index contributed by atoms with van der Waals surface area (Å²) in [7, 11) is 0. The van der Waals surface area contributed by atoms with Gasteiger partial charge in [0.1, 0.15) is 5.82 Å². The van der Waals surface area contributed by atoms with Crippen LogP contribution < -0.4 is 10.6 Å². The van der Waals surface area contributed by atoms with E-state index in [-0.39, 0.29) is 29.9 Å². The van der Waals surface area contributed by atoms with Crippen LogP contribution in [0.1, 0.15) is 61.4 Å². The average molecular weight is 376 g/mol. The minimum absolute atomic E-state index is 0.0722. The van der Waals surface area contributed by atoms with Gasteiger partial charge in [-0.1, -0.05) is 6.92 Å². The Morgan fingerprint density at radius 1 is 1.15 bits per heavy atom. The van der Waals surface area contributed by atoms with Crippen LogP contribution in [0.15, 0.2) is 18.2 Å². The van der Waals surface area contributed by atoms with Crippen molar-refractivity contribution in [2.75, 3.05) is 6.61 Å². The van der Waals surface area contributed by atoms with Crippen LogP contribution in [0, 0.1) is 18.7 Å². The molecular weight excluding hydrogens is 347 g/mol. The molecule has 2 amide bonds. The average Bonchev–Trinajstić information content (AvgIpc) is 3.43. The fourth-order valence-electron chi connectivity index (χ4n) is 3.65. The summed E-state index contributed by atoms with van der Waals surface area (Å²) >= 11 is 0. The third kappa shape index (κ3) is 5.51. The van der Waals surface area contributed by atoms with E-state index in [9.17, 15) is 14.0 Å². The minimum Gasteiger partial charge on any atom is -0.376 e. The fraction of sp³-hybridized carbons (Fsp3) is 0.619. The summed E-state index contributed by atoms with van der Waals surface area (Å²) in [5.41, 5.74) is 1.02. The van der Waals surface area contributed by atoms with E-state index in [0.29, 0.717) is 36.6 Å². The van der Waals surface area contributed by atoms with E-state index in [1.54, 1.807) is 13.0 Å². The summed E-state index contributed by atoms with van der Waals surface area (Å²) in [5, 5.41) is 6.07. The first kappa shape index (κ1) is 19.8. The van der Waals surface area contributed by atoms with E-state index in [2.05, 4.69) is 10.6 Å². The second-order valence-electron chi connectivity index (χ2n) is 7.80. The van der Waals surface area contributed by atoms with E-state index in [0.717, 1.165) is 25.7 Å². The molecule has 0 bridgehead atoms. The highest BCUT2D eigenvalue weighted by Gasteiger charge is 2.37. The van der Waals surface area contributed by atoms with Gasteiger partial charge in [-0.2, -0.15) is 0 Å². The normalized spacial score (nSPS) is 25.1. The molecule has 1 aromatic rings. The van der Waals surface area contributed by atoms with Gasteiger partial charge in [-0.25, -0.2) is 4.39 Å². The molecule has 0 radical (unpaired) electrons. The first-order chi connectivity index (χ1) is 13.0. The molecule has 2 fully saturated rings. The summed E-state index contributed by atoms with van der Waals surface area (Å²) in [6, 6.07) is 4.50. The number of ether oxygens (including phenoxy) is 1. The molecule has 2 aliphatic carbocycles. The first-order valence-electron chi connectivity index (χ1n) is 9.96. The number of nitrogens with one attached hydrogen (secondary N) is 2. The summed E-state index contributed by atoms with van der Waals surface area (Å²) in [6.07, 6.45) is 4.81. The number of carbonyl (C=O) groups is 2. The molecule has 2 aliphatic rings. The van der Waals surface area contributed by atoms with Crippen LogP contribution in [0.25, 0.3) is 0 Å². The molecular formula is C21H29FN2O3. The van der Waals surface area contributed by atoms with Gasteiger partial charge in [0.05, 0.1) is 12.1 Å². The lowest BCUT2D eigenvalue weighted by molar-refractivity contribution is -0.128. The van der Waals surface area contributed by atoms with Gasteiger partial charge in [-0.15, -0.1) is 0 Å². The zero-order valence-corrected chi connectivity index (χ0v) is 16.1. The number of hydrogen-bond donors (Lipinski definition) is 2. The first-order valence-corrected chi connectivity index (χ1v) is 9.96. The van der Waals surface area contributed by atoms with E-state index >= 15 is 0 Å². The van der Waals surface area contributed by atoms with E-state index < -0.39 is 5.82 Å². The van der Waals surface area contributed by atoms with Crippen LogP contribution in [0.4, 0.5) is 4.39 Å². The second-order valence-corrected chi connectivity index (χ2v) is 7.80. The molecule has 2 N–H and O–H groups in total. The van der Waals surface area contributed by atoms with Gasteiger partial charge in [0.15, 0.2) is 0 Å². The Balaban J connectivity index is 1.63. The lowest BCUT2D eigenvalue weighted by atomic mass is 9.83. The van der Waals surface area contributed by atoms with Gasteiger partial charge < -0.3 is 15.4 Å². The van der Waals surface area contributed by atoms with E-state index in [1.165, 1.54) is 12.1 Å². The van der Waals surface area contributed by atoms with Crippen LogP contribution in [-0.2, 0) is 9.53 Å².